The molecule has 1 fully saturated rings. The molecule has 1 aromatic carbocycles. The van der Waals surface area contributed by atoms with Gasteiger partial charge in [-0.05, 0) is 31.0 Å². The molecular weight excluding hydrogens is 244 g/mol. The van der Waals surface area contributed by atoms with Crippen LogP contribution in [0.1, 0.15) is 23.3 Å². The number of rotatable bonds is 4. The molecule has 1 heterocycles. The number of carbonyl (C=O) groups excluding carboxylic acids is 1. The van der Waals surface area contributed by atoms with Crippen molar-refractivity contribution in [3.8, 4) is 17.0 Å². The number of ether oxygens (including phenoxy) is 2. The van der Waals surface area contributed by atoms with Crippen molar-refractivity contribution >= 4 is 5.97 Å². The van der Waals surface area contributed by atoms with Gasteiger partial charge in [-0.25, -0.2) is 4.79 Å². The molecule has 0 unspecified atom stereocenters. The van der Waals surface area contributed by atoms with Crippen molar-refractivity contribution in [3.63, 3.8) is 0 Å². The number of aromatic amines is 1. The van der Waals surface area contributed by atoms with E-state index in [1.165, 1.54) is 7.11 Å². The fourth-order valence-electron chi connectivity index (χ4n) is 1.79. The Morgan fingerprint density at radius 3 is 2.95 bits per heavy atom. The molecule has 1 N–H and O–H groups in total. The molecule has 1 aromatic heterocycles. The van der Waals surface area contributed by atoms with Gasteiger partial charge in [0.25, 0.3) is 0 Å². The molecule has 0 bridgehead atoms. The molecule has 0 amide bonds. The van der Waals surface area contributed by atoms with E-state index in [0.29, 0.717) is 6.10 Å². The van der Waals surface area contributed by atoms with Crippen LogP contribution in [-0.2, 0) is 4.74 Å². The summed E-state index contributed by atoms with van der Waals surface area (Å²) in [7, 11) is 1.33. The van der Waals surface area contributed by atoms with Crippen molar-refractivity contribution in [3.05, 3.63) is 36.0 Å². The Morgan fingerprint density at radius 2 is 2.21 bits per heavy atom. The largest absolute Gasteiger partial charge is 0.490 e. The number of benzene rings is 1. The zero-order valence-corrected chi connectivity index (χ0v) is 10.6. The fourth-order valence-corrected chi connectivity index (χ4v) is 1.79. The molecule has 0 radical (unpaired) electrons. The topological polar surface area (TPSA) is 64.2 Å². The summed E-state index contributed by atoms with van der Waals surface area (Å²) in [6.07, 6.45) is 2.62. The van der Waals surface area contributed by atoms with Crippen LogP contribution in [0.2, 0.25) is 0 Å². The number of methoxy groups -OCH3 is 1. The summed E-state index contributed by atoms with van der Waals surface area (Å²) in [6.45, 7) is 0. The van der Waals surface area contributed by atoms with Gasteiger partial charge in [0.1, 0.15) is 5.75 Å². The van der Waals surface area contributed by atoms with E-state index in [1.54, 1.807) is 6.07 Å². The van der Waals surface area contributed by atoms with Gasteiger partial charge >= 0.3 is 5.97 Å². The van der Waals surface area contributed by atoms with Crippen LogP contribution < -0.4 is 4.74 Å². The second-order valence-corrected chi connectivity index (χ2v) is 4.50. The molecule has 0 aliphatic heterocycles. The van der Waals surface area contributed by atoms with Crippen molar-refractivity contribution in [2.24, 2.45) is 0 Å². The maximum Gasteiger partial charge on any atom is 0.358 e. The molecule has 1 aliphatic rings. The van der Waals surface area contributed by atoms with Crippen LogP contribution in [0, 0.1) is 0 Å². The Labute approximate surface area is 110 Å². The van der Waals surface area contributed by atoms with Crippen molar-refractivity contribution in [1.82, 2.24) is 10.2 Å². The maximum absolute atomic E-state index is 11.3. The van der Waals surface area contributed by atoms with Gasteiger partial charge in [-0.1, -0.05) is 12.1 Å². The van der Waals surface area contributed by atoms with E-state index >= 15 is 0 Å². The fraction of sp³-hybridized carbons (Fsp3) is 0.286. The molecule has 1 aliphatic carbocycles. The van der Waals surface area contributed by atoms with Crippen LogP contribution >= 0.6 is 0 Å². The van der Waals surface area contributed by atoms with E-state index < -0.39 is 5.97 Å². The van der Waals surface area contributed by atoms with E-state index in [4.69, 9.17) is 4.74 Å². The number of hydrogen-bond acceptors (Lipinski definition) is 4. The highest BCUT2D eigenvalue weighted by atomic mass is 16.5. The standard InChI is InChI=1S/C14H14N2O3/c1-18-14(17)13-8-12(15-16-13)9-3-2-4-11(7-9)19-10-5-6-10/h2-4,7-8,10H,5-6H2,1H3,(H,15,16). The average Bonchev–Trinajstić information content (AvgIpc) is 3.10. The number of esters is 1. The number of nitrogens with zero attached hydrogens (tertiary/aromatic N) is 1. The number of carbonyl (C=O) groups is 1. The first-order valence-electron chi connectivity index (χ1n) is 6.17. The third-order valence-corrected chi connectivity index (χ3v) is 2.94. The summed E-state index contributed by atoms with van der Waals surface area (Å²) in [5.74, 6) is 0.391. The lowest BCUT2D eigenvalue weighted by molar-refractivity contribution is 0.0594. The molecule has 0 saturated heterocycles. The molecule has 19 heavy (non-hydrogen) atoms. The smallest absolute Gasteiger partial charge is 0.358 e. The maximum atomic E-state index is 11.3. The van der Waals surface area contributed by atoms with E-state index in [9.17, 15) is 4.79 Å². The monoisotopic (exact) mass is 258 g/mol. The van der Waals surface area contributed by atoms with Crippen molar-refractivity contribution in [1.29, 1.82) is 0 Å². The molecule has 0 spiro atoms. The highest BCUT2D eigenvalue weighted by Gasteiger charge is 2.23. The molecular formula is C14H14N2O3. The lowest BCUT2D eigenvalue weighted by Gasteiger charge is -2.05. The van der Waals surface area contributed by atoms with E-state index in [1.807, 2.05) is 24.3 Å². The highest BCUT2D eigenvalue weighted by molar-refractivity contribution is 5.88. The van der Waals surface area contributed by atoms with Crippen LogP contribution in [0.15, 0.2) is 30.3 Å². The van der Waals surface area contributed by atoms with Gasteiger partial charge in [-0.2, -0.15) is 5.10 Å². The Hall–Kier alpha value is -2.30. The van der Waals surface area contributed by atoms with E-state index in [-0.39, 0.29) is 5.69 Å². The first kappa shape index (κ1) is 11.8. The van der Waals surface area contributed by atoms with Gasteiger partial charge in [0.2, 0.25) is 0 Å². The van der Waals surface area contributed by atoms with Crippen LogP contribution in [0.3, 0.4) is 0 Å². The summed E-state index contributed by atoms with van der Waals surface area (Å²) < 4.78 is 10.4. The number of hydrogen-bond donors (Lipinski definition) is 1. The highest BCUT2D eigenvalue weighted by Crippen LogP contribution is 2.29. The lowest BCUT2D eigenvalue weighted by atomic mass is 10.1. The molecule has 5 nitrogen and oxygen atoms in total. The Bertz CT molecular complexity index is 602. The molecule has 5 heteroatoms. The molecule has 98 valence electrons. The Morgan fingerprint density at radius 1 is 1.37 bits per heavy atom. The van der Waals surface area contributed by atoms with Crippen LogP contribution in [0.5, 0.6) is 5.75 Å². The predicted molar refractivity (Wildman–Crippen MR) is 69.0 cm³/mol. The molecule has 2 aromatic rings. The zero-order valence-electron chi connectivity index (χ0n) is 10.6. The quantitative estimate of drug-likeness (QED) is 0.855. The summed E-state index contributed by atoms with van der Waals surface area (Å²) >= 11 is 0. The number of nitrogens with one attached hydrogen (secondary N) is 1. The first-order valence-corrected chi connectivity index (χ1v) is 6.17. The van der Waals surface area contributed by atoms with Crippen LogP contribution in [0.25, 0.3) is 11.3 Å². The second-order valence-electron chi connectivity index (χ2n) is 4.50. The van der Waals surface area contributed by atoms with Gasteiger partial charge in [-0.3, -0.25) is 5.10 Å². The van der Waals surface area contributed by atoms with Crippen molar-refractivity contribution in [2.75, 3.05) is 7.11 Å². The summed E-state index contributed by atoms with van der Waals surface area (Å²) in [5, 5.41) is 6.75. The molecule has 0 atom stereocenters. The normalized spacial score (nSPS) is 14.2. The summed E-state index contributed by atoms with van der Waals surface area (Å²) in [6, 6.07) is 9.40. The Balaban J connectivity index is 1.84. The second kappa shape index (κ2) is 4.76. The summed E-state index contributed by atoms with van der Waals surface area (Å²) in [4.78, 5) is 11.3. The minimum absolute atomic E-state index is 0.269. The first-order chi connectivity index (χ1) is 9.26. The minimum Gasteiger partial charge on any atom is -0.490 e. The van der Waals surface area contributed by atoms with Gasteiger partial charge in [0.15, 0.2) is 5.69 Å². The van der Waals surface area contributed by atoms with Gasteiger partial charge < -0.3 is 9.47 Å². The number of aromatic nitrogens is 2. The van der Waals surface area contributed by atoms with Crippen molar-refractivity contribution < 1.29 is 14.3 Å². The lowest BCUT2D eigenvalue weighted by Crippen LogP contribution is -2.00. The van der Waals surface area contributed by atoms with E-state index in [2.05, 4.69) is 14.9 Å². The van der Waals surface area contributed by atoms with Crippen LogP contribution in [-0.4, -0.2) is 29.4 Å². The number of H-pyrrole nitrogens is 1. The van der Waals surface area contributed by atoms with Gasteiger partial charge in [0, 0.05) is 5.56 Å². The third kappa shape index (κ3) is 2.59. The van der Waals surface area contributed by atoms with Gasteiger partial charge in [-0.15, -0.1) is 0 Å². The zero-order chi connectivity index (χ0) is 13.2. The minimum atomic E-state index is -0.451. The molecule has 1 saturated carbocycles. The predicted octanol–water partition coefficient (Wildman–Crippen LogP) is 2.40. The average molecular weight is 258 g/mol. The van der Waals surface area contributed by atoms with Gasteiger partial charge in [0.05, 0.1) is 18.9 Å². The summed E-state index contributed by atoms with van der Waals surface area (Å²) in [5.41, 5.74) is 1.97. The Kier molecular flexibility index (Phi) is 2.95. The molecule has 3 rings (SSSR count). The van der Waals surface area contributed by atoms with Crippen LogP contribution in [0.4, 0.5) is 0 Å². The SMILES string of the molecule is COC(=O)c1cc(-c2cccc(OC3CC3)c2)[nH]n1. The van der Waals surface area contributed by atoms with E-state index in [0.717, 1.165) is 29.8 Å². The van der Waals surface area contributed by atoms with Crippen molar-refractivity contribution in [2.45, 2.75) is 18.9 Å². The third-order valence-electron chi connectivity index (χ3n) is 2.94.